The van der Waals surface area contributed by atoms with E-state index in [0.717, 1.165) is 48.2 Å². The molecule has 1 aromatic heterocycles. The minimum absolute atomic E-state index is 0.115. The molecular weight excluding hydrogens is 314 g/mol. The Morgan fingerprint density at radius 3 is 2.64 bits per heavy atom. The van der Waals surface area contributed by atoms with E-state index in [4.69, 9.17) is 4.42 Å². The lowest BCUT2D eigenvalue weighted by molar-refractivity contribution is 0.168. The number of carbonyl (C=O) groups excluding carboxylic acids is 1. The second-order valence-electron chi connectivity index (χ2n) is 7.96. The monoisotopic (exact) mass is 339 g/mol. The predicted molar refractivity (Wildman–Crippen MR) is 95.3 cm³/mol. The third-order valence-electron chi connectivity index (χ3n) is 5.92. The second kappa shape index (κ2) is 6.04. The number of fused-ring (bicyclic) bond motifs is 1. The summed E-state index contributed by atoms with van der Waals surface area (Å²) >= 11 is 0. The number of para-hydroxylation sites is 2. The van der Waals surface area contributed by atoms with Crippen LogP contribution in [0, 0.1) is 11.8 Å². The zero-order valence-electron chi connectivity index (χ0n) is 14.5. The molecule has 5 rings (SSSR count). The minimum atomic E-state index is 0.115. The summed E-state index contributed by atoms with van der Waals surface area (Å²) in [5.74, 6) is 2.44. The Hall–Kier alpha value is -2.04. The lowest BCUT2D eigenvalue weighted by Crippen LogP contribution is -2.49. The number of benzene rings is 1. The molecule has 1 unspecified atom stereocenters. The number of oxazole rings is 1. The number of nitrogens with zero attached hydrogens (tertiary/aromatic N) is 2. The molecular formula is C20H25N3O2. The Bertz CT molecular complexity index is 733. The zero-order chi connectivity index (χ0) is 16.8. The average molecular weight is 339 g/mol. The number of rotatable bonds is 4. The first-order valence-corrected chi connectivity index (χ1v) is 9.69. The van der Waals surface area contributed by atoms with E-state index < -0.39 is 0 Å². The van der Waals surface area contributed by atoms with Gasteiger partial charge in [-0.1, -0.05) is 12.1 Å². The number of carbonyl (C=O) groups is 1. The van der Waals surface area contributed by atoms with Crippen molar-refractivity contribution in [3.8, 4) is 0 Å². The van der Waals surface area contributed by atoms with Gasteiger partial charge in [-0.25, -0.2) is 9.78 Å². The van der Waals surface area contributed by atoms with Crippen molar-refractivity contribution in [2.75, 3.05) is 13.1 Å². The third kappa shape index (κ3) is 3.12. The molecule has 1 aromatic carbocycles. The summed E-state index contributed by atoms with van der Waals surface area (Å²) in [5.41, 5.74) is 1.74. The highest BCUT2D eigenvalue weighted by Gasteiger charge is 2.43. The fraction of sp³-hybridized carbons (Fsp3) is 0.600. The highest BCUT2D eigenvalue weighted by atomic mass is 16.3. The van der Waals surface area contributed by atoms with E-state index in [1.807, 2.05) is 29.2 Å². The normalized spacial score (nSPS) is 24.0. The van der Waals surface area contributed by atoms with Crippen molar-refractivity contribution in [2.24, 2.45) is 11.8 Å². The molecule has 2 aliphatic carbocycles. The second-order valence-corrected chi connectivity index (χ2v) is 7.96. The van der Waals surface area contributed by atoms with E-state index in [2.05, 4.69) is 10.3 Å². The van der Waals surface area contributed by atoms with Gasteiger partial charge in [0.1, 0.15) is 5.52 Å². The molecule has 2 saturated carbocycles. The van der Waals surface area contributed by atoms with Crippen molar-refractivity contribution >= 4 is 17.1 Å². The van der Waals surface area contributed by atoms with Gasteiger partial charge in [-0.05, 0) is 62.5 Å². The highest BCUT2D eigenvalue weighted by molar-refractivity contribution is 5.75. The van der Waals surface area contributed by atoms with Gasteiger partial charge >= 0.3 is 6.03 Å². The Morgan fingerprint density at radius 2 is 1.92 bits per heavy atom. The first-order chi connectivity index (χ1) is 12.3. The van der Waals surface area contributed by atoms with E-state index >= 15 is 0 Å². The van der Waals surface area contributed by atoms with Crippen molar-refractivity contribution in [2.45, 2.75) is 50.5 Å². The van der Waals surface area contributed by atoms with E-state index in [1.54, 1.807) is 0 Å². The van der Waals surface area contributed by atoms with Crippen LogP contribution in [-0.4, -0.2) is 35.0 Å². The number of amides is 2. The number of piperidine rings is 1. The van der Waals surface area contributed by atoms with Gasteiger partial charge in [0.05, 0.1) is 5.92 Å². The molecule has 3 aliphatic rings. The number of nitrogens with one attached hydrogen (secondary N) is 1. The van der Waals surface area contributed by atoms with Crippen LogP contribution in [0.25, 0.3) is 11.1 Å². The molecule has 1 aliphatic heterocycles. The summed E-state index contributed by atoms with van der Waals surface area (Å²) in [7, 11) is 0. The molecule has 0 radical (unpaired) electrons. The largest absolute Gasteiger partial charge is 0.440 e. The predicted octanol–water partition coefficient (Wildman–Crippen LogP) is 3.91. The van der Waals surface area contributed by atoms with E-state index in [0.29, 0.717) is 12.6 Å². The number of hydrogen-bond donors (Lipinski definition) is 1. The molecule has 3 fully saturated rings. The van der Waals surface area contributed by atoms with Gasteiger partial charge in [-0.2, -0.15) is 0 Å². The molecule has 1 saturated heterocycles. The van der Waals surface area contributed by atoms with E-state index in [9.17, 15) is 4.79 Å². The van der Waals surface area contributed by atoms with Crippen molar-refractivity contribution in [3.05, 3.63) is 30.2 Å². The van der Waals surface area contributed by atoms with Crippen LogP contribution in [0.1, 0.15) is 50.3 Å². The Balaban J connectivity index is 1.27. The Morgan fingerprint density at radius 1 is 1.16 bits per heavy atom. The van der Waals surface area contributed by atoms with Gasteiger partial charge in [0, 0.05) is 19.1 Å². The standard InChI is InChI=1S/C20H25N3O2/c24-20(22-18(13-7-8-13)14-9-10-14)23-11-3-4-15(12-23)19-21-16-5-1-2-6-17(16)25-19/h1-2,5-6,13-15,18H,3-4,7-12H2,(H,22,24). The fourth-order valence-corrected chi connectivity index (χ4v) is 4.19. The van der Waals surface area contributed by atoms with Crippen LogP contribution in [0.15, 0.2) is 28.7 Å². The van der Waals surface area contributed by atoms with Gasteiger partial charge in [0.25, 0.3) is 0 Å². The highest BCUT2D eigenvalue weighted by Crippen LogP contribution is 2.44. The number of urea groups is 1. The van der Waals surface area contributed by atoms with Crippen molar-refractivity contribution < 1.29 is 9.21 Å². The molecule has 2 heterocycles. The van der Waals surface area contributed by atoms with Crippen LogP contribution >= 0.6 is 0 Å². The summed E-state index contributed by atoms with van der Waals surface area (Å²) in [5, 5.41) is 3.35. The van der Waals surface area contributed by atoms with Gasteiger partial charge in [-0.15, -0.1) is 0 Å². The van der Waals surface area contributed by atoms with Gasteiger partial charge in [0.2, 0.25) is 0 Å². The fourth-order valence-electron chi connectivity index (χ4n) is 4.19. The number of likely N-dealkylation sites (tertiary alicyclic amines) is 1. The molecule has 132 valence electrons. The molecule has 5 nitrogen and oxygen atoms in total. The number of aromatic nitrogens is 1. The smallest absolute Gasteiger partial charge is 0.317 e. The first-order valence-electron chi connectivity index (χ1n) is 9.69. The summed E-state index contributed by atoms with van der Waals surface area (Å²) in [6.45, 7) is 1.55. The SMILES string of the molecule is O=C(NC(C1CC1)C1CC1)N1CCCC(c2nc3ccccc3o2)C1. The maximum Gasteiger partial charge on any atom is 0.317 e. The molecule has 1 atom stereocenters. The van der Waals surface area contributed by atoms with Crippen molar-refractivity contribution in [3.63, 3.8) is 0 Å². The third-order valence-corrected chi connectivity index (χ3v) is 5.92. The summed E-state index contributed by atoms with van der Waals surface area (Å²) in [6.07, 6.45) is 7.18. The van der Waals surface area contributed by atoms with Crippen molar-refractivity contribution in [1.29, 1.82) is 0 Å². The van der Waals surface area contributed by atoms with E-state index in [1.165, 1.54) is 25.7 Å². The van der Waals surface area contributed by atoms with Crippen LogP contribution in [0.3, 0.4) is 0 Å². The number of hydrogen-bond acceptors (Lipinski definition) is 3. The lowest BCUT2D eigenvalue weighted by atomic mass is 9.98. The van der Waals surface area contributed by atoms with Crippen LogP contribution in [-0.2, 0) is 0 Å². The Kier molecular flexibility index (Phi) is 3.68. The molecule has 2 amide bonds. The maximum atomic E-state index is 12.8. The van der Waals surface area contributed by atoms with E-state index in [-0.39, 0.29) is 11.9 Å². The molecule has 5 heteroatoms. The summed E-state index contributed by atoms with van der Waals surface area (Å²) in [6, 6.07) is 8.40. The van der Waals surface area contributed by atoms with Crippen LogP contribution in [0.4, 0.5) is 4.79 Å². The van der Waals surface area contributed by atoms with Crippen molar-refractivity contribution in [1.82, 2.24) is 15.2 Å². The first kappa shape index (κ1) is 15.2. The maximum absolute atomic E-state index is 12.8. The van der Waals surface area contributed by atoms with Gasteiger partial charge in [-0.3, -0.25) is 0 Å². The van der Waals surface area contributed by atoms with Crippen LogP contribution in [0.5, 0.6) is 0 Å². The van der Waals surface area contributed by atoms with Crippen LogP contribution in [0.2, 0.25) is 0 Å². The Labute approximate surface area is 147 Å². The molecule has 1 N–H and O–H groups in total. The zero-order valence-corrected chi connectivity index (χ0v) is 14.5. The average Bonchev–Trinajstić information content (AvgIpc) is 3.57. The molecule has 2 aromatic rings. The minimum Gasteiger partial charge on any atom is -0.440 e. The summed E-state index contributed by atoms with van der Waals surface area (Å²) in [4.78, 5) is 19.4. The summed E-state index contributed by atoms with van der Waals surface area (Å²) < 4.78 is 5.94. The van der Waals surface area contributed by atoms with Gasteiger partial charge < -0.3 is 14.6 Å². The topological polar surface area (TPSA) is 58.4 Å². The lowest BCUT2D eigenvalue weighted by Gasteiger charge is -2.33. The molecule has 25 heavy (non-hydrogen) atoms. The molecule has 0 bridgehead atoms. The van der Waals surface area contributed by atoms with Gasteiger partial charge in [0.15, 0.2) is 11.5 Å². The van der Waals surface area contributed by atoms with Crippen LogP contribution < -0.4 is 5.32 Å². The molecule has 0 spiro atoms. The quantitative estimate of drug-likeness (QED) is 0.919.